The van der Waals surface area contributed by atoms with Gasteiger partial charge in [-0.2, -0.15) is 0 Å². The molecule has 3 N–H and O–H groups in total. The molecular formula is C27H26ClF2N5O5. The molecule has 3 amide bonds. The maximum Gasteiger partial charge on any atom is 0.265 e. The first-order chi connectivity index (χ1) is 19.1. The number of amides is 3. The van der Waals surface area contributed by atoms with Crippen molar-refractivity contribution in [2.45, 2.75) is 6.92 Å². The van der Waals surface area contributed by atoms with Crippen LogP contribution in [0.25, 0.3) is 0 Å². The number of aromatic nitrogens is 1. The van der Waals surface area contributed by atoms with Gasteiger partial charge in [-0.15, -0.1) is 0 Å². The third-order valence-electron chi connectivity index (χ3n) is 5.41. The van der Waals surface area contributed by atoms with Crippen LogP contribution in [0, 0.1) is 11.6 Å². The average molecular weight is 574 g/mol. The Morgan fingerprint density at radius 2 is 1.85 bits per heavy atom. The summed E-state index contributed by atoms with van der Waals surface area (Å²) < 4.78 is 38.9. The molecule has 0 saturated heterocycles. The smallest absolute Gasteiger partial charge is 0.265 e. The number of nitrogens with one attached hydrogen (secondary N) is 1. The zero-order chi connectivity index (χ0) is 29.2. The Morgan fingerprint density at radius 1 is 1.12 bits per heavy atom. The van der Waals surface area contributed by atoms with Gasteiger partial charge < -0.3 is 30.3 Å². The predicted molar refractivity (Wildman–Crippen MR) is 146 cm³/mol. The minimum atomic E-state index is -0.930. The fraction of sp³-hybridized carbons (Fsp3) is 0.185. The molecule has 0 aliphatic carbocycles. The number of hydrogen-bond donors (Lipinski definition) is 2. The van der Waals surface area contributed by atoms with Crippen molar-refractivity contribution in [1.82, 2.24) is 9.88 Å². The first-order valence-electron chi connectivity index (χ1n) is 11.9. The molecule has 0 saturated carbocycles. The van der Waals surface area contributed by atoms with Gasteiger partial charge in [-0.25, -0.2) is 13.8 Å². The van der Waals surface area contributed by atoms with E-state index in [0.717, 1.165) is 34.2 Å². The van der Waals surface area contributed by atoms with E-state index in [2.05, 4.69) is 10.3 Å². The Kier molecular flexibility index (Phi) is 10.5. The molecule has 210 valence electrons. The number of nitrogen functional groups attached to an aromatic ring is 1. The molecule has 2 aromatic carbocycles. The lowest BCUT2D eigenvalue weighted by Gasteiger charge is -2.21. The van der Waals surface area contributed by atoms with Crippen molar-refractivity contribution < 1.29 is 32.6 Å². The minimum absolute atomic E-state index is 0.00177. The van der Waals surface area contributed by atoms with E-state index in [1.807, 2.05) is 0 Å². The molecule has 0 spiro atoms. The first-order valence-corrected chi connectivity index (χ1v) is 12.2. The topological polar surface area (TPSA) is 127 Å². The van der Waals surface area contributed by atoms with Gasteiger partial charge in [0.05, 0.1) is 6.61 Å². The fourth-order valence-corrected chi connectivity index (χ4v) is 3.45. The molecule has 0 bridgehead atoms. The van der Waals surface area contributed by atoms with Crippen LogP contribution in [0.1, 0.15) is 6.92 Å². The Bertz CT molecular complexity index is 1400. The Balaban J connectivity index is 1.86. The van der Waals surface area contributed by atoms with Gasteiger partial charge in [-0.3, -0.25) is 14.4 Å². The molecular weight excluding hydrogens is 548 g/mol. The summed E-state index contributed by atoms with van der Waals surface area (Å²) in [7, 11) is 1.38. The summed E-state index contributed by atoms with van der Waals surface area (Å²) >= 11 is 6.04. The number of ether oxygens (including phenoxy) is 2. The van der Waals surface area contributed by atoms with Crippen LogP contribution >= 0.6 is 11.6 Å². The van der Waals surface area contributed by atoms with Gasteiger partial charge >= 0.3 is 0 Å². The molecule has 40 heavy (non-hydrogen) atoms. The molecule has 0 unspecified atom stereocenters. The monoisotopic (exact) mass is 573 g/mol. The van der Waals surface area contributed by atoms with Crippen molar-refractivity contribution in [1.29, 1.82) is 0 Å². The lowest BCUT2D eigenvalue weighted by molar-refractivity contribution is -0.119. The third kappa shape index (κ3) is 7.74. The maximum atomic E-state index is 14.8. The standard InChI is InChI=1S/C27H26ClF2N5O5/c1-3-39-13-12-35(16-36)15-20(27(38)34(2)19-7-4-17(29)5-8-19)26(37)33-18-6-9-22(21(30)14-18)40-23-10-11-32-25(31)24(23)28/h4-11,14-16H,3,12-13H2,1-2H3,(H2,31,32)(H,33,37)/b20-15-. The van der Waals surface area contributed by atoms with Gasteiger partial charge in [0.1, 0.15) is 22.2 Å². The van der Waals surface area contributed by atoms with Crippen LogP contribution in [-0.4, -0.2) is 54.9 Å². The van der Waals surface area contributed by atoms with E-state index in [0.29, 0.717) is 18.7 Å². The molecule has 0 fully saturated rings. The number of benzene rings is 2. The van der Waals surface area contributed by atoms with Crippen LogP contribution in [0.3, 0.4) is 0 Å². The second-order valence-corrected chi connectivity index (χ2v) is 8.51. The van der Waals surface area contributed by atoms with Crippen molar-refractivity contribution in [2.24, 2.45) is 0 Å². The van der Waals surface area contributed by atoms with Crippen molar-refractivity contribution >= 4 is 47.0 Å². The van der Waals surface area contributed by atoms with E-state index in [-0.39, 0.29) is 41.2 Å². The summed E-state index contributed by atoms with van der Waals surface area (Å²) in [5.41, 5.74) is 5.47. The second-order valence-electron chi connectivity index (χ2n) is 8.13. The van der Waals surface area contributed by atoms with Crippen molar-refractivity contribution in [2.75, 3.05) is 42.8 Å². The quantitative estimate of drug-likeness (QED) is 0.108. The number of halogens is 3. The molecule has 10 nitrogen and oxygen atoms in total. The minimum Gasteiger partial charge on any atom is -0.453 e. The number of likely N-dealkylation sites (N-methyl/N-ethyl adjacent to an activating group) is 1. The number of nitrogens with two attached hydrogens (primary N) is 1. The molecule has 0 aliphatic heterocycles. The van der Waals surface area contributed by atoms with E-state index in [4.69, 9.17) is 26.8 Å². The number of hydrogen-bond acceptors (Lipinski definition) is 7. The Morgan fingerprint density at radius 3 is 2.50 bits per heavy atom. The van der Waals surface area contributed by atoms with Crippen LogP contribution in [-0.2, 0) is 19.1 Å². The van der Waals surface area contributed by atoms with Gasteiger partial charge in [0.15, 0.2) is 17.3 Å². The molecule has 3 rings (SSSR count). The van der Waals surface area contributed by atoms with Crippen LogP contribution in [0.5, 0.6) is 11.5 Å². The average Bonchev–Trinajstić information content (AvgIpc) is 2.94. The zero-order valence-electron chi connectivity index (χ0n) is 21.6. The molecule has 0 radical (unpaired) electrons. The van der Waals surface area contributed by atoms with Gasteiger partial charge in [-0.05, 0) is 43.3 Å². The van der Waals surface area contributed by atoms with Crippen LogP contribution in [0.4, 0.5) is 26.0 Å². The van der Waals surface area contributed by atoms with Gasteiger partial charge in [0, 0.05) is 56.1 Å². The number of carbonyl (C=O) groups excluding carboxylic acids is 3. The summed E-state index contributed by atoms with van der Waals surface area (Å²) in [6.45, 7) is 2.40. The summed E-state index contributed by atoms with van der Waals surface area (Å²) in [6.07, 6.45) is 2.83. The summed E-state index contributed by atoms with van der Waals surface area (Å²) in [6, 6.07) is 9.98. The number of pyridine rings is 1. The van der Waals surface area contributed by atoms with E-state index in [1.54, 1.807) is 6.92 Å². The van der Waals surface area contributed by atoms with Crippen molar-refractivity contribution in [3.05, 3.63) is 83.2 Å². The van der Waals surface area contributed by atoms with Crippen molar-refractivity contribution in [3.8, 4) is 11.5 Å². The highest BCUT2D eigenvalue weighted by Crippen LogP contribution is 2.34. The van der Waals surface area contributed by atoms with Gasteiger partial charge in [0.25, 0.3) is 11.8 Å². The summed E-state index contributed by atoms with van der Waals surface area (Å²) in [5, 5.41) is 2.45. The predicted octanol–water partition coefficient (Wildman–Crippen LogP) is 4.37. The Labute approximate surface area is 233 Å². The van der Waals surface area contributed by atoms with E-state index >= 15 is 0 Å². The van der Waals surface area contributed by atoms with Crippen LogP contribution in [0.15, 0.2) is 66.5 Å². The number of carbonyl (C=O) groups is 3. The highest BCUT2D eigenvalue weighted by atomic mass is 35.5. The van der Waals surface area contributed by atoms with Crippen LogP contribution in [0.2, 0.25) is 5.02 Å². The number of rotatable bonds is 12. The molecule has 0 aliphatic rings. The van der Waals surface area contributed by atoms with Crippen LogP contribution < -0.4 is 20.7 Å². The SMILES string of the molecule is CCOCCN(C=O)/C=C(/C(=O)Nc1ccc(Oc2ccnc(N)c2Cl)c(F)c1)C(=O)N(C)c1ccc(F)cc1. The largest absolute Gasteiger partial charge is 0.453 e. The van der Waals surface area contributed by atoms with Gasteiger partial charge in [-0.1, -0.05) is 11.6 Å². The summed E-state index contributed by atoms with van der Waals surface area (Å²) in [4.78, 5) is 44.2. The lowest BCUT2D eigenvalue weighted by atomic mass is 10.2. The van der Waals surface area contributed by atoms with E-state index < -0.39 is 29.0 Å². The highest BCUT2D eigenvalue weighted by molar-refractivity contribution is 6.34. The molecule has 3 aromatic rings. The second kappa shape index (κ2) is 14.0. The fourth-order valence-electron chi connectivity index (χ4n) is 3.30. The number of nitrogens with zero attached hydrogens (tertiary/aromatic N) is 3. The molecule has 1 heterocycles. The van der Waals surface area contributed by atoms with E-state index in [9.17, 15) is 23.2 Å². The lowest BCUT2D eigenvalue weighted by Crippen LogP contribution is -2.35. The third-order valence-corrected chi connectivity index (χ3v) is 5.79. The molecule has 13 heteroatoms. The van der Waals surface area contributed by atoms with E-state index in [1.165, 1.54) is 43.6 Å². The normalized spacial score (nSPS) is 11.1. The van der Waals surface area contributed by atoms with Gasteiger partial charge in [0.2, 0.25) is 6.41 Å². The molecule has 0 atom stereocenters. The maximum absolute atomic E-state index is 14.8. The highest BCUT2D eigenvalue weighted by Gasteiger charge is 2.25. The molecule has 1 aromatic heterocycles. The number of anilines is 3. The zero-order valence-corrected chi connectivity index (χ0v) is 22.3. The summed E-state index contributed by atoms with van der Waals surface area (Å²) in [5.74, 6) is -3.23. The van der Waals surface area contributed by atoms with Crippen molar-refractivity contribution in [3.63, 3.8) is 0 Å². The first kappa shape index (κ1) is 30.0. The Hall–Kier alpha value is -4.55.